The Kier molecular flexibility index (Phi) is 3.47. The Bertz CT molecular complexity index is 880. The third kappa shape index (κ3) is 2.54. The maximum absolute atomic E-state index is 11.3. The highest BCUT2D eigenvalue weighted by molar-refractivity contribution is 9.10. The highest BCUT2D eigenvalue weighted by atomic mass is 79.9. The number of hydrogen-bond donors (Lipinski definition) is 3. The number of aromatic nitrogens is 2. The molecule has 3 rings (SSSR count). The predicted molar refractivity (Wildman–Crippen MR) is 86.6 cm³/mol. The number of H-pyrrole nitrogens is 2. The summed E-state index contributed by atoms with van der Waals surface area (Å²) in [6.07, 6.45) is -0.749. The molecule has 0 amide bonds. The molecule has 5 heteroatoms. The van der Waals surface area contributed by atoms with Gasteiger partial charge in [-0.1, -0.05) is 34.1 Å². The van der Waals surface area contributed by atoms with E-state index in [9.17, 15) is 9.90 Å². The van der Waals surface area contributed by atoms with Gasteiger partial charge >= 0.3 is 5.69 Å². The van der Waals surface area contributed by atoms with Gasteiger partial charge in [0.2, 0.25) is 0 Å². The van der Waals surface area contributed by atoms with Crippen LogP contribution in [-0.4, -0.2) is 15.1 Å². The van der Waals surface area contributed by atoms with Gasteiger partial charge in [-0.2, -0.15) is 0 Å². The van der Waals surface area contributed by atoms with Crippen LogP contribution in [0.2, 0.25) is 0 Å². The fraction of sp³-hybridized carbons (Fsp3) is 0.188. The van der Waals surface area contributed by atoms with Crippen LogP contribution < -0.4 is 5.69 Å². The van der Waals surface area contributed by atoms with E-state index >= 15 is 0 Å². The van der Waals surface area contributed by atoms with Crippen molar-refractivity contribution in [2.75, 3.05) is 0 Å². The zero-order chi connectivity index (χ0) is 15.1. The molecule has 4 nitrogen and oxygen atoms in total. The third-order valence-electron chi connectivity index (χ3n) is 3.77. The minimum absolute atomic E-state index is 0.255. The standard InChI is InChI=1S/C16H15BrN2O2/c1-8-3-4-10(5-9(8)2)15(20)11-6-13-14(7-12(11)17)19-16(21)18-13/h3-7,15,20H,1-2H3,(H2,18,19,21). The van der Waals surface area contributed by atoms with Crippen LogP contribution in [0.4, 0.5) is 0 Å². The number of aliphatic hydroxyl groups excluding tert-OH is 1. The largest absolute Gasteiger partial charge is 0.384 e. The Hall–Kier alpha value is -1.85. The van der Waals surface area contributed by atoms with E-state index in [1.165, 1.54) is 5.56 Å². The molecule has 2 aromatic carbocycles. The number of benzene rings is 2. The number of imidazole rings is 1. The summed E-state index contributed by atoms with van der Waals surface area (Å²) in [7, 11) is 0. The highest BCUT2D eigenvalue weighted by Gasteiger charge is 2.16. The van der Waals surface area contributed by atoms with Crippen LogP contribution in [0.5, 0.6) is 0 Å². The summed E-state index contributed by atoms with van der Waals surface area (Å²) >= 11 is 3.46. The molecule has 3 aromatic rings. The number of aryl methyl sites for hydroxylation is 2. The van der Waals surface area contributed by atoms with E-state index in [1.54, 1.807) is 12.1 Å². The van der Waals surface area contributed by atoms with Gasteiger partial charge in [0.05, 0.1) is 11.0 Å². The van der Waals surface area contributed by atoms with Crippen molar-refractivity contribution >= 4 is 27.0 Å². The second kappa shape index (κ2) is 5.16. The number of aromatic amines is 2. The molecule has 0 bridgehead atoms. The maximum atomic E-state index is 11.3. The van der Waals surface area contributed by atoms with Crippen molar-refractivity contribution in [1.82, 2.24) is 9.97 Å². The van der Waals surface area contributed by atoms with Gasteiger partial charge in [0.1, 0.15) is 6.10 Å². The topological polar surface area (TPSA) is 68.9 Å². The summed E-state index contributed by atoms with van der Waals surface area (Å²) in [4.78, 5) is 16.8. The second-order valence-corrected chi connectivity index (χ2v) is 6.10. The Balaban J connectivity index is 2.11. The molecule has 1 heterocycles. The minimum Gasteiger partial charge on any atom is -0.384 e. The van der Waals surface area contributed by atoms with Crippen LogP contribution in [0.1, 0.15) is 28.4 Å². The van der Waals surface area contributed by atoms with Crippen molar-refractivity contribution in [1.29, 1.82) is 0 Å². The van der Waals surface area contributed by atoms with Crippen LogP contribution >= 0.6 is 15.9 Å². The quantitative estimate of drug-likeness (QED) is 0.666. The Morgan fingerprint density at radius 2 is 1.71 bits per heavy atom. The first-order valence-electron chi connectivity index (χ1n) is 6.62. The van der Waals surface area contributed by atoms with Crippen LogP contribution in [0.3, 0.4) is 0 Å². The van der Waals surface area contributed by atoms with E-state index in [0.717, 1.165) is 21.2 Å². The smallest absolute Gasteiger partial charge is 0.323 e. The zero-order valence-corrected chi connectivity index (χ0v) is 13.3. The molecule has 3 N–H and O–H groups in total. The van der Waals surface area contributed by atoms with Crippen LogP contribution in [0.15, 0.2) is 39.6 Å². The molecule has 0 saturated carbocycles. The lowest BCUT2D eigenvalue weighted by Gasteiger charge is -2.15. The molecule has 0 radical (unpaired) electrons. The van der Waals surface area contributed by atoms with Crippen molar-refractivity contribution in [2.45, 2.75) is 20.0 Å². The molecule has 21 heavy (non-hydrogen) atoms. The monoisotopic (exact) mass is 346 g/mol. The number of rotatable bonds is 2. The molecule has 0 aliphatic carbocycles. The van der Waals surface area contributed by atoms with Gasteiger partial charge in [-0.3, -0.25) is 0 Å². The Morgan fingerprint density at radius 3 is 2.38 bits per heavy atom. The lowest BCUT2D eigenvalue weighted by atomic mass is 9.97. The van der Waals surface area contributed by atoms with E-state index < -0.39 is 6.10 Å². The summed E-state index contributed by atoms with van der Waals surface area (Å²) < 4.78 is 0.760. The second-order valence-electron chi connectivity index (χ2n) is 5.24. The minimum atomic E-state index is -0.749. The summed E-state index contributed by atoms with van der Waals surface area (Å²) in [5.41, 5.74) is 5.02. The summed E-state index contributed by atoms with van der Waals surface area (Å²) in [5, 5.41) is 10.6. The first-order valence-corrected chi connectivity index (χ1v) is 7.41. The molecule has 0 spiro atoms. The van der Waals surface area contributed by atoms with Gasteiger partial charge in [0.25, 0.3) is 0 Å². The molecule has 1 atom stereocenters. The fourth-order valence-corrected chi connectivity index (χ4v) is 2.96. The van der Waals surface area contributed by atoms with Crippen molar-refractivity contribution < 1.29 is 5.11 Å². The zero-order valence-electron chi connectivity index (χ0n) is 11.7. The van der Waals surface area contributed by atoms with Crippen molar-refractivity contribution in [2.24, 2.45) is 0 Å². The first kappa shape index (κ1) is 14.1. The van der Waals surface area contributed by atoms with Gasteiger partial charge in [-0.25, -0.2) is 4.79 Å². The SMILES string of the molecule is Cc1ccc(C(O)c2cc3[nH]c(=O)[nH]c3cc2Br)cc1C. The number of nitrogens with one attached hydrogen (secondary N) is 2. The van der Waals surface area contributed by atoms with Crippen molar-refractivity contribution in [3.63, 3.8) is 0 Å². The lowest BCUT2D eigenvalue weighted by Crippen LogP contribution is -2.02. The molecule has 0 aliphatic heterocycles. The number of aliphatic hydroxyl groups is 1. The first-order chi connectivity index (χ1) is 9.95. The Labute approximate surface area is 130 Å². The van der Waals surface area contributed by atoms with E-state index in [2.05, 4.69) is 25.9 Å². The van der Waals surface area contributed by atoms with Gasteiger partial charge in [-0.15, -0.1) is 0 Å². The third-order valence-corrected chi connectivity index (χ3v) is 4.46. The van der Waals surface area contributed by atoms with Crippen LogP contribution in [0.25, 0.3) is 11.0 Å². The number of fused-ring (bicyclic) bond motifs is 1. The van der Waals surface area contributed by atoms with Crippen LogP contribution in [0, 0.1) is 13.8 Å². The van der Waals surface area contributed by atoms with Gasteiger partial charge in [0, 0.05) is 10.0 Å². The normalized spacial score (nSPS) is 12.8. The molecule has 0 aliphatic rings. The van der Waals surface area contributed by atoms with Gasteiger partial charge in [0.15, 0.2) is 0 Å². The lowest BCUT2D eigenvalue weighted by molar-refractivity contribution is 0.219. The van der Waals surface area contributed by atoms with Crippen molar-refractivity contribution in [3.05, 3.63) is 67.5 Å². The van der Waals surface area contributed by atoms with E-state index in [1.807, 2.05) is 32.0 Å². The summed E-state index contributed by atoms with van der Waals surface area (Å²) in [5.74, 6) is 0. The number of hydrogen-bond acceptors (Lipinski definition) is 2. The predicted octanol–water partition coefficient (Wildman–Crippen LogP) is 3.32. The van der Waals surface area contributed by atoms with E-state index in [0.29, 0.717) is 11.0 Å². The molecular formula is C16H15BrN2O2. The molecule has 1 unspecified atom stereocenters. The fourth-order valence-electron chi connectivity index (χ4n) is 2.40. The molecular weight excluding hydrogens is 332 g/mol. The summed E-state index contributed by atoms with van der Waals surface area (Å²) in [6, 6.07) is 9.49. The van der Waals surface area contributed by atoms with Gasteiger partial charge in [-0.05, 0) is 42.7 Å². The van der Waals surface area contributed by atoms with E-state index in [-0.39, 0.29) is 5.69 Å². The Morgan fingerprint density at radius 1 is 1.05 bits per heavy atom. The van der Waals surface area contributed by atoms with E-state index in [4.69, 9.17) is 0 Å². The molecule has 1 aromatic heterocycles. The molecule has 0 saturated heterocycles. The van der Waals surface area contributed by atoms with Crippen LogP contribution in [-0.2, 0) is 0 Å². The molecule has 0 fully saturated rings. The highest BCUT2D eigenvalue weighted by Crippen LogP contribution is 2.31. The van der Waals surface area contributed by atoms with Crippen molar-refractivity contribution in [3.8, 4) is 0 Å². The average Bonchev–Trinajstić information content (AvgIpc) is 2.79. The summed E-state index contributed by atoms with van der Waals surface area (Å²) in [6.45, 7) is 4.06. The average molecular weight is 347 g/mol. The maximum Gasteiger partial charge on any atom is 0.323 e. The van der Waals surface area contributed by atoms with Gasteiger partial charge < -0.3 is 15.1 Å². The molecule has 108 valence electrons. The number of halogens is 1.